The maximum atomic E-state index is 10.7. The van der Waals surface area contributed by atoms with Crippen molar-refractivity contribution in [2.45, 2.75) is 20.3 Å². The van der Waals surface area contributed by atoms with E-state index in [0.29, 0.717) is 19.8 Å². The maximum absolute atomic E-state index is 10.7. The first kappa shape index (κ1) is 11.2. The van der Waals surface area contributed by atoms with Gasteiger partial charge in [-0.15, -0.1) is 0 Å². The Morgan fingerprint density at radius 3 is 2.67 bits per heavy atom. The van der Waals surface area contributed by atoms with Gasteiger partial charge in [-0.2, -0.15) is 0 Å². The summed E-state index contributed by atoms with van der Waals surface area (Å²) < 4.78 is 9.75. The molecule has 0 N–H and O–H groups in total. The molecule has 12 heavy (non-hydrogen) atoms. The molecule has 3 nitrogen and oxygen atoms in total. The van der Waals surface area contributed by atoms with Crippen molar-refractivity contribution in [3.05, 3.63) is 12.2 Å². The van der Waals surface area contributed by atoms with Gasteiger partial charge in [-0.05, 0) is 20.3 Å². The lowest BCUT2D eigenvalue weighted by Gasteiger charge is -1.96. The summed E-state index contributed by atoms with van der Waals surface area (Å²) in [5.41, 5.74) is 0. The van der Waals surface area contributed by atoms with Gasteiger partial charge in [-0.1, -0.05) is 6.08 Å². The molecule has 0 aliphatic rings. The third-order valence-corrected chi connectivity index (χ3v) is 1.17. The summed E-state index contributed by atoms with van der Waals surface area (Å²) in [6.45, 7) is 5.52. The summed E-state index contributed by atoms with van der Waals surface area (Å²) >= 11 is 0. The van der Waals surface area contributed by atoms with Gasteiger partial charge in [0.1, 0.15) is 0 Å². The number of hydrogen-bond acceptors (Lipinski definition) is 3. The number of carbonyl (C=O) groups is 1. The number of ether oxygens (including phenoxy) is 2. The van der Waals surface area contributed by atoms with Gasteiger partial charge in [0.25, 0.3) is 0 Å². The fourth-order valence-electron chi connectivity index (χ4n) is 0.666. The lowest BCUT2D eigenvalue weighted by Crippen LogP contribution is -1.99. The quantitative estimate of drug-likeness (QED) is 0.346. The topological polar surface area (TPSA) is 35.5 Å². The zero-order valence-corrected chi connectivity index (χ0v) is 7.71. The molecule has 0 fully saturated rings. The molecule has 0 rings (SSSR count). The van der Waals surface area contributed by atoms with Crippen LogP contribution in [0.15, 0.2) is 12.2 Å². The molecule has 0 saturated carbocycles. The second-order valence-corrected chi connectivity index (χ2v) is 2.14. The summed E-state index contributed by atoms with van der Waals surface area (Å²) in [7, 11) is 0. The first-order valence-corrected chi connectivity index (χ1v) is 4.22. The predicted octanol–water partition coefficient (Wildman–Crippen LogP) is 1.53. The van der Waals surface area contributed by atoms with Gasteiger partial charge in [0.05, 0.1) is 13.2 Å². The minimum Gasteiger partial charge on any atom is -0.463 e. The number of hydrogen-bond donors (Lipinski definition) is 0. The van der Waals surface area contributed by atoms with Crippen molar-refractivity contribution in [3.63, 3.8) is 0 Å². The van der Waals surface area contributed by atoms with E-state index in [1.54, 1.807) is 13.0 Å². The molecule has 0 saturated heterocycles. The molecule has 0 radical (unpaired) electrons. The number of rotatable bonds is 6. The Morgan fingerprint density at radius 1 is 1.33 bits per heavy atom. The molecule has 0 aliphatic carbocycles. The molecule has 0 aromatic heterocycles. The predicted molar refractivity (Wildman–Crippen MR) is 46.9 cm³/mol. The van der Waals surface area contributed by atoms with E-state index in [1.807, 2.05) is 6.92 Å². The van der Waals surface area contributed by atoms with Crippen molar-refractivity contribution in [1.82, 2.24) is 0 Å². The second-order valence-electron chi connectivity index (χ2n) is 2.14. The van der Waals surface area contributed by atoms with Crippen LogP contribution in [-0.4, -0.2) is 25.8 Å². The molecule has 3 heteroatoms. The second kappa shape index (κ2) is 8.27. The number of esters is 1. The van der Waals surface area contributed by atoms with Gasteiger partial charge in [-0.3, -0.25) is 0 Å². The summed E-state index contributed by atoms with van der Waals surface area (Å²) in [5, 5.41) is 0. The molecule has 0 spiro atoms. The third kappa shape index (κ3) is 7.28. The van der Waals surface area contributed by atoms with Crippen LogP contribution in [0.5, 0.6) is 0 Å². The van der Waals surface area contributed by atoms with Gasteiger partial charge in [-0.25, -0.2) is 4.79 Å². The monoisotopic (exact) mass is 172 g/mol. The van der Waals surface area contributed by atoms with Gasteiger partial charge in [0.15, 0.2) is 0 Å². The SMILES string of the molecule is CCOCCC=CC(=O)OCC. The van der Waals surface area contributed by atoms with E-state index < -0.39 is 0 Å². The normalized spacial score (nSPS) is 10.5. The molecule has 0 atom stereocenters. The third-order valence-electron chi connectivity index (χ3n) is 1.17. The summed E-state index contributed by atoms with van der Waals surface area (Å²) in [4.78, 5) is 10.7. The van der Waals surface area contributed by atoms with E-state index in [1.165, 1.54) is 6.08 Å². The fraction of sp³-hybridized carbons (Fsp3) is 0.667. The van der Waals surface area contributed by atoms with E-state index >= 15 is 0 Å². The first-order chi connectivity index (χ1) is 5.81. The Hall–Kier alpha value is -0.830. The lowest BCUT2D eigenvalue weighted by atomic mass is 10.4. The van der Waals surface area contributed by atoms with E-state index in [0.717, 1.165) is 6.42 Å². The Labute approximate surface area is 73.4 Å². The minimum atomic E-state index is -0.283. The van der Waals surface area contributed by atoms with Crippen LogP contribution in [0.4, 0.5) is 0 Å². The van der Waals surface area contributed by atoms with Gasteiger partial charge in [0, 0.05) is 12.7 Å². The maximum Gasteiger partial charge on any atom is 0.330 e. The van der Waals surface area contributed by atoms with Crippen LogP contribution in [-0.2, 0) is 14.3 Å². The average molecular weight is 172 g/mol. The zero-order chi connectivity index (χ0) is 9.23. The van der Waals surface area contributed by atoms with E-state index in [4.69, 9.17) is 4.74 Å². The molecule has 70 valence electrons. The largest absolute Gasteiger partial charge is 0.463 e. The molecule has 0 heterocycles. The molecule has 0 aromatic rings. The van der Waals surface area contributed by atoms with Crippen molar-refractivity contribution in [3.8, 4) is 0 Å². The molecule has 0 amide bonds. The summed E-state index contributed by atoms with van der Waals surface area (Å²) in [6, 6.07) is 0. The van der Waals surface area contributed by atoms with Gasteiger partial charge >= 0.3 is 5.97 Å². The highest BCUT2D eigenvalue weighted by Crippen LogP contribution is 1.87. The molecule has 0 aromatic carbocycles. The molecule has 0 aliphatic heterocycles. The Kier molecular flexibility index (Phi) is 7.70. The molecule has 0 bridgehead atoms. The Morgan fingerprint density at radius 2 is 2.08 bits per heavy atom. The first-order valence-electron chi connectivity index (χ1n) is 4.22. The van der Waals surface area contributed by atoms with Crippen LogP contribution in [0.3, 0.4) is 0 Å². The van der Waals surface area contributed by atoms with E-state index in [2.05, 4.69) is 4.74 Å². The van der Waals surface area contributed by atoms with Crippen molar-refractivity contribution < 1.29 is 14.3 Å². The van der Waals surface area contributed by atoms with Crippen LogP contribution >= 0.6 is 0 Å². The Bertz CT molecular complexity index is 141. The van der Waals surface area contributed by atoms with Crippen LogP contribution in [0.1, 0.15) is 20.3 Å². The van der Waals surface area contributed by atoms with Gasteiger partial charge < -0.3 is 9.47 Å². The van der Waals surface area contributed by atoms with Crippen LogP contribution in [0, 0.1) is 0 Å². The van der Waals surface area contributed by atoms with Gasteiger partial charge in [0.2, 0.25) is 0 Å². The average Bonchev–Trinajstić information content (AvgIpc) is 2.05. The van der Waals surface area contributed by atoms with Crippen molar-refractivity contribution >= 4 is 5.97 Å². The molecular formula is C9H16O3. The lowest BCUT2D eigenvalue weighted by molar-refractivity contribution is -0.137. The van der Waals surface area contributed by atoms with Crippen LogP contribution in [0.2, 0.25) is 0 Å². The Balaban J connectivity index is 3.29. The highest BCUT2D eigenvalue weighted by atomic mass is 16.5. The van der Waals surface area contributed by atoms with E-state index in [9.17, 15) is 4.79 Å². The summed E-state index contributed by atoms with van der Waals surface area (Å²) in [6.07, 6.45) is 3.95. The standard InChI is InChI=1S/C9H16O3/c1-3-11-8-6-5-7-9(10)12-4-2/h5,7H,3-4,6,8H2,1-2H3. The highest BCUT2D eigenvalue weighted by molar-refractivity contribution is 5.81. The minimum absolute atomic E-state index is 0.283. The molecular weight excluding hydrogens is 156 g/mol. The van der Waals surface area contributed by atoms with Crippen molar-refractivity contribution in [1.29, 1.82) is 0 Å². The van der Waals surface area contributed by atoms with Crippen LogP contribution in [0.25, 0.3) is 0 Å². The van der Waals surface area contributed by atoms with Crippen molar-refractivity contribution in [2.75, 3.05) is 19.8 Å². The molecule has 0 unspecified atom stereocenters. The summed E-state index contributed by atoms with van der Waals surface area (Å²) in [5.74, 6) is -0.283. The van der Waals surface area contributed by atoms with Crippen LogP contribution < -0.4 is 0 Å². The van der Waals surface area contributed by atoms with E-state index in [-0.39, 0.29) is 5.97 Å². The highest BCUT2D eigenvalue weighted by Gasteiger charge is 1.91. The fourth-order valence-corrected chi connectivity index (χ4v) is 0.666. The zero-order valence-electron chi connectivity index (χ0n) is 7.71. The smallest absolute Gasteiger partial charge is 0.330 e. The van der Waals surface area contributed by atoms with Crippen molar-refractivity contribution in [2.24, 2.45) is 0 Å². The number of carbonyl (C=O) groups excluding carboxylic acids is 1.